The number of hydrogen-bond donors (Lipinski definition) is 1. The van der Waals surface area contributed by atoms with E-state index in [0.717, 1.165) is 5.56 Å². The van der Waals surface area contributed by atoms with Crippen molar-refractivity contribution < 1.29 is 19.4 Å². The minimum absolute atomic E-state index is 0.104. The third-order valence-corrected chi connectivity index (χ3v) is 3.15. The predicted octanol–water partition coefficient (Wildman–Crippen LogP) is 1.11. The minimum atomic E-state index is -2.03. The molecular weight excluding hydrogens is 220 g/mol. The highest BCUT2D eigenvalue weighted by molar-refractivity contribution is 6.16. The molecule has 0 saturated heterocycles. The van der Waals surface area contributed by atoms with E-state index in [4.69, 9.17) is 0 Å². The highest BCUT2D eigenvalue weighted by Crippen LogP contribution is 2.28. The third kappa shape index (κ3) is 1.85. The fourth-order valence-electron chi connectivity index (χ4n) is 2.19. The zero-order valence-corrected chi connectivity index (χ0v) is 9.60. The maximum Gasteiger partial charge on any atom is 0.346 e. The number of fused-ring (bicyclic) bond motifs is 1. The van der Waals surface area contributed by atoms with Crippen LogP contribution in [0.1, 0.15) is 28.8 Å². The Labute approximate surface area is 99.2 Å². The molecule has 1 aromatic carbocycles. The van der Waals surface area contributed by atoms with E-state index in [1.165, 1.54) is 7.11 Å². The summed E-state index contributed by atoms with van der Waals surface area (Å²) in [7, 11) is 1.17. The summed E-state index contributed by atoms with van der Waals surface area (Å²) in [6.07, 6.45) is 1.36. The second kappa shape index (κ2) is 4.30. The molecule has 0 radical (unpaired) electrons. The number of esters is 1. The van der Waals surface area contributed by atoms with Crippen LogP contribution in [0.2, 0.25) is 0 Å². The summed E-state index contributed by atoms with van der Waals surface area (Å²) in [6.45, 7) is 0. The van der Waals surface area contributed by atoms with Gasteiger partial charge in [0, 0.05) is 5.56 Å². The van der Waals surface area contributed by atoms with Gasteiger partial charge in [-0.2, -0.15) is 0 Å². The van der Waals surface area contributed by atoms with Gasteiger partial charge in [0.1, 0.15) is 0 Å². The molecule has 0 heterocycles. The first-order valence-electron chi connectivity index (χ1n) is 5.53. The number of aliphatic hydroxyl groups is 1. The van der Waals surface area contributed by atoms with Gasteiger partial charge >= 0.3 is 5.97 Å². The van der Waals surface area contributed by atoms with Crippen molar-refractivity contribution in [3.63, 3.8) is 0 Å². The van der Waals surface area contributed by atoms with Crippen LogP contribution in [0.25, 0.3) is 0 Å². The lowest BCUT2D eigenvalue weighted by molar-refractivity contribution is -0.157. The van der Waals surface area contributed by atoms with Crippen molar-refractivity contribution in [2.75, 3.05) is 7.11 Å². The number of ether oxygens (including phenoxy) is 1. The Morgan fingerprint density at radius 2 is 2.12 bits per heavy atom. The monoisotopic (exact) mass is 234 g/mol. The molecule has 4 heteroatoms. The zero-order valence-electron chi connectivity index (χ0n) is 9.60. The summed E-state index contributed by atoms with van der Waals surface area (Å²) in [6, 6.07) is 7.04. The van der Waals surface area contributed by atoms with E-state index < -0.39 is 17.4 Å². The molecule has 1 unspecified atom stereocenters. The second-order valence-corrected chi connectivity index (χ2v) is 4.19. The van der Waals surface area contributed by atoms with E-state index >= 15 is 0 Å². The number of benzene rings is 1. The van der Waals surface area contributed by atoms with Gasteiger partial charge in [-0.25, -0.2) is 4.79 Å². The molecule has 1 aliphatic carbocycles. The van der Waals surface area contributed by atoms with Crippen molar-refractivity contribution in [3.8, 4) is 0 Å². The number of hydrogen-bond acceptors (Lipinski definition) is 4. The zero-order chi connectivity index (χ0) is 12.5. The molecule has 1 aliphatic rings. The van der Waals surface area contributed by atoms with Gasteiger partial charge in [-0.1, -0.05) is 24.3 Å². The van der Waals surface area contributed by atoms with E-state index in [9.17, 15) is 14.7 Å². The normalized spacial score (nSPS) is 23.8. The van der Waals surface area contributed by atoms with Crippen LogP contribution >= 0.6 is 0 Å². The molecule has 0 aliphatic heterocycles. The first-order chi connectivity index (χ1) is 8.09. The Hall–Kier alpha value is -1.68. The van der Waals surface area contributed by atoms with Crippen LogP contribution in [0, 0.1) is 0 Å². The third-order valence-electron chi connectivity index (χ3n) is 3.15. The summed E-state index contributed by atoms with van der Waals surface area (Å²) in [5.74, 6) is -1.43. The molecule has 4 nitrogen and oxygen atoms in total. The first-order valence-corrected chi connectivity index (χ1v) is 5.53. The van der Waals surface area contributed by atoms with Crippen molar-refractivity contribution in [1.29, 1.82) is 0 Å². The van der Waals surface area contributed by atoms with Gasteiger partial charge in [-0.15, -0.1) is 0 Å². The Kier molecular flexibility index (Phi) is 2.98. The minimum Gasteiger partial charge on any atom is -0.467 e. The van der Waals surface area contributed by atoms with Crippen LogP contribution < -0.4 is 0 Å². The van der Waals surface area contributed by atoms with Gasteiger partial charge in [-0.05, 0) is 24.8 Å². The van der Waals surface area contributed by atoms with Crippen LogP contribution in [0.15, 0.2) is 24.3 Å². The highest BCUT2D eigenvalue weighted by atomic mass is 16.5. The molecule has 0 fully saturated rings. The van der Waals surface area contributed by atoms with Crippen molar-refractivity contribution >= 4 is 11.8 Å². The van der Waals surface area contributed by atoms with Gasteiger partial charge in [0.05, 0.1) is 7.11 Å². The summed E-state index contributed by atoms with van der Waals surface area (Å²) in [5.41, 5.74) is -0.739. The number of Topliss-reactive ketones (excluding diaryl/α,β-unsaturated/α-hetero) is 1. The van der Waals surface area contributed by atoms with E-state index in [-0.39, 0.29) is 6.42 Å². The van der Waals surface area contributed by atoms with E-state index in [2.05, 4.69) is 4.74 Å². The fraction of sp³-hybridized carbons (Fsp3) is 0.385. The van der Waals surface area contributed by atoms with E-state index in [1.807, 2.05) is 12.1 Å². The van der Waals surface area contributed by atoms with Gasteiger partial charge in [-0.3, -0.25) is 4.79 Å². The molecule has 1 atom stereocenters. The number of methoxy groups -OCH3 is 1. The average Bonchev–Trinajstić information content (AvgIpc) is 2.48. The van der Waals surface area contributed by atoms with Gasteiger partial charge in [0.2, 0.25) is 11.4 Å². The summed E-state index contributed by atoms with van der Waals surface area (Å²) in [4.78, 5) is 23.8. The topological polar surface area (TPSA) is 63.6 Å². The first kappa shape index (κ1) is 11.8. The lowest BCUT2D eigenvalue weighted by Crippen LogP contribution is -2.47. The van der Waals surface area contributed by atoms with Crippen LogP contribution in [-0.4, -0.2) is 29.6 Å². The van der Waals surface area contributed by atoms with Crippen molar-refractivity contribution in [2.24, 2.45) is 0 Å². The highest BCUT2D eigenvalue weighted by Gasteiger charge is 2.46. The molecule has 0 aromatic heterocycles. The molecule has 0 saturated carbocycles. The van der Waals surface area contributed by atoms with Crippen LogP contribution in [0.5, 0.6) is 0 Å². The molecule has 0 amide bonds. The lowest BCUT2D eigenvalue weighted by Gasteiger charge is -2.21. The van der Waals surface area contributed by atoms with Crippen LogP contribution in [0.4, 0.5) is 0 Å². The Balaban J connectivity index is 2.49. The van der Waals surface area contributed by atoms with E-state index in [0.29, 0.717) is 18.4 Å². The van der Waals surface area contributed by atoms with Crippen LogP contribution in [0.3, 0.4) is 0 Å². The molecule has 17 heavy (non-hydrogen) atoms. The molecule has 1 aromatic rings. The fourth-order valence-corrected chi connectivity index (χ4v) is 2.19. The van der Waals surface area contributed by atoms with Crippen LogP contribution in [-0.2, 0) is 16.0 Å². The molecule has 0 spiro atoms. The maximum absolute atomic E-state index is 12.2. The summed E-state index contributed by atoms with van der Waals surface area (Å²) < 4.78 is 4.52. The van der Waals surface area contributed by atoms with Gasteiger partial charge in [0.15, 0.2) is 0 Å². The summed E-state index contributed by atoms with van der Waals surface area (Å²) >= 11 is 0. The quantitative estimate of drug-likeness (QED) is 0.449. The van der Waals surface area contributed by atoms with Gasteiger partial charge < -0.3 is 9.84 Å². The number of carbonyl (C=O) groups excluding carboxylic acids is 2. The lowest BCUT2D eigenvalue weighted by atomic mass is 9.90. The van der Waals surface area contributed by atoms with Crippen molar-refractivity contribution in [3.05, 3.63) is 35.4 Å². The number of ketones is 1. The predicted molar refractivity (Wildman–Crippen MR) is 60.7 cm³/mol. The Bertz CT molecular complexity index is 466. The summed E-state index contributed by atoms with van der Waals surface area (Å²) in [5, 5.41) is 10.2. The molecular formula is C13H14O4. The second-order valence-electron chi connectivity index (χ2n) is 4.19. The number of aryl methyl sites for hydroxylation is 1. The largest absolute Gasteiger partial charge is 0.467 e. The smallest absolute Gasteiger partial charge is 0.346 e. The molecule has 2 rings (SSSR count). The Morgan fingerprint density at radius 3 is 2.82 bits per heavy atom. The van der Waals surface area contributed by atoms with Gasteiger partial charge in [0.25, 0.3) is 0 Å². The van der Waals surface area contributed by atoms with Crippen molar-refractivity contribution in [1.82, 2.24) is 0 Å². The SMILES string of the molecule is COC(=O)C1(O)CCCc2ccccc2C1=O. The standard InChI is InChI=1S/C13H14O4/c1-17-12(15)13(16)8-4-6-9-5-2-3-7-10(9)11(13)14/h2-3,5,7,16H,4,6,8H2,1H3. The number of rotatable bonds is 1. The molecule has 0 bridgehead atoms. The molecule has 1 N–H and O–H groups in total. The Morgan fingerprint density at radius 1 is 1.41 bits per heavy atom. The number of carbonyl (C=O) groups is 2. The molecule has 90 valence electrons. The van der Waals surface area contributed by atoms with Crippen molar-refractivity contribution in [2.45, 2.75) is 24.9 Å². The maximum atomic E-state index is 12.2. The average molecular weight is 234 g/mol. The van der Waals surface area contributed by atoms with E-state index in [1.54, 1.807) is 12.1 Å².